The molecular weight excluding hydrogens is 627 g/mol. The smallest absolute Gasteiger partial charge is 0.252 e. The predicted molar refractivity (Wildman–Crippen MR) is 185 cm³/mol. The molecule has 2 bridgehead atoms. The van der Waals surface area contributed by atoms with Gasteiger partial charge in [0.15, 0.2) is 5.72 Å². The number of benzene rings is 4. The number of ether oxygens (including phenoxy) is 2. The standard InChI is InChI=1S/C37H31N5O5S.H2/c1-37-35(46-3)27(40(2)48(44,45)28-14-8-9-20-18-38-16-15-21(20)28)17-29(47-37)41-25-12-6-4-10-22(25)31-32-24(19-39-36(32)43)30-23-11-5-7-13-26(23)42(37)34(30)33(31)41;/h4-16,18,27,29,35H,17,19H2,1-3H3,(H,39,43);1H/t27-,29-,35-,37+;/m1./s1. The Bertz CT molecular complexity index is 2680. The quantitative estimate of drug-likeness (QED) is 0.240. The summed E-state index contributed by atoms with van der Waals surface area (Å²) in [5.74, 6) is -0.0882. The van der Waals surface area contributed by atoms with Crippen molar-refractivity contribution in [1.82, 2.24) is 23.7 Å². The fraction of sp³-hybridized carbons (Fsp3) is 0.243. The Hall–Kier alpha value is -4.81. The first-order valence-electron chi connectivity index (χ1n) is 16.1. The van der Waals surface area contributed by atoms with Crippen molar-refractivity contribution in [2.75, 3.05) is 14.2 Å². The normalized spacial score (nSPS) is 23.6. The van der Waals surface area contributed by atoms with Gasteiger partial charge in [-0.05, 0) is 36.8 Å². The van der Waals surface area contributed by atoms with Crippen LogP contribution in [0, 0.1) is 0 Å². The summed E-state index contributed by atoms with van der Waals surface area (Å²) in [7, 11) is -0.754. The molecule has 0 spiro atoms. The highest BCUT2D eigenvalue weighted by Crippen LogP contribution is 2.54. The second-order valence-corrected chi connectivity index (χ2v) is 15.1. The Labute approximate surface area is 277 Å². The molecule has 1 amide bonds. The molecule has 1 saturated heterocycles. The number of fused-ring (bicyclic) bond motifs is 14. The Morgan fingerprint density at radius 1 is 0.979 bits per heavy atom. The molecule has 3 aliphatic rings. The third kappa shape index (κ3) is 3.29. The second kappa shape index (κ2) is 9.42. The van der Waals surface area contributed by atoms with Gasteiger partial charge in [-0.25, -0.2) is 8.42 Å². The van der Waals surface area contributed by atoms with Gasteiger partial charge in [0.05, 0.1) is 38.6 Å². The van der Waals surface area contributed by atoms with Crippen molar-refractivity contribution in [1.29, 1.82) is 0 Å². The van der Waals surface area contributed by atoms with Crippen molar-refractivity contribution in [3.05, 3.63) is 96.3 Å². The molecular formula is C37H33N5O5S. The Balaban J connectivity index is 0.00000325. The maximum atomic E-state index is 14.7. The van der Waals surface area contributed by atoms with Crippen LogP contribution in [-0.2, 0) is 31.8 Å². The van der Waals surface area contributed by atoms with Gasteiger partial charge in [-0.2, -0.15) is 4.31 Å². The molecule has 11 heteroatoms. The summed E-state index contributed by atoms with van der Waals surface area (Å²) in [4.78, 5) is 18.1. The minimum Gasteiger partial charge on any atom is -0.375 e. The molecule has 0 aliphatic carbocycles. The lowest BCUT2D eigenvalue weighted by Gasteiger charge is -2.50. The van der Waals surface area contributed by atoms with E-state index in [1.54, 1.807) is 44.8 Å². The van der Waals surface area contributed by atoms with Crippen LogP contribution in [0.5, 0.6) is 0 Å². The summed E-state index contributed by atoms with van der Waals surface area (Å²) in [5, 5.41) is 8.33. The zero-order valence-corrected chi connectivity index (χ0v) is 27.3. The molecule has 0 radical (unpaired) electrons. The number of carbonyl (C=O) groups excluding carboxylic acids is 1. The minimum atomic E-state index is -4.02. The Kier molecular flexibility index (Phi) is 5.54. The van der Waals surface area contributed by atoms with Gasteiger partial charge in [0.25, 0.3) is 5.91 Å². The van der Waals surface area contributed by atoms with E-state index in [0.717, 1.165) is 54.6 Å². The van der Waals surface area contributed by atoms with E-state index in [4.69, 9.17) is 9.47 Å². The van der Waals surface area contributed by atoms with E-state index < -0.39 is 34.1 Å². The number of para-hydroxylation sites is 2. The van der Waals surface area contributed by atoms with Crippen LogP contribution in [0.15, 0.2) is 90.1 Å². The van der Waals surface area contributed by atoms with E-state index >= 15 is 0 Å². The fourth-order valence-electron chi connectivity index (χ4n) is 9.02. The van der Waals surface area contributed by atoms with Crippen LogP contribution >= 0.6 is 0 Å². The van der Waals surface area contributed by atoms with E-state index in [-0.39, 0.29) is 12.2 Å². The molecule has 0 saturated carbocycles. The second-order valence-electron chi connectivity index (χ2n) is 13.2. The number of rotatable bonds is 4. The highest BCUT2D eigenvalue weighted by Gasteiger charge is 2.55. The molecule has 10 nitrogen and oxygen atoms in total. The van der Waals surface area contributed by atoms with E-state index in [2.05, 4.69) is 43.7 Å². The number of hydrogen-bond acceptors (Lipinski definition) is 6. The summed E-state index contributed by atoms with van der Waals surface area (Å²) in [6.07, 6.45) is 2.33. The number of aromatic nitrogens is 3. The highest BCUT2D eigenvalue weighted by atomic mass is 32.2. The maximum absolute atomic E-state index is 14.7. The van der Waals surface area contributed by atoms with Gasteiger partial charge in [0, 0.05) is 73.3 Å². The first kappa shape index (κ1) is 28.2. The largest absolute Gasteiger partial charge is 0.375 e. The number of hydrogen-bond donors (Lipinski definition) is 1. The summed E-state index contributed by atoms with van der Waals surface area (Å²) in [6, 6.07) is 22.7. The number of amides is 1. The van der Waals surface area contributed by atoms with Gasteiger partial charge >= 0.3 is 0 Å². The van der Waals surface area contributed by atoms with Gasteiger partial charge in [-0.15, -0.1) is 0 Å². The summed E-state index contributed by atoms with van der Waals surface area (Å²) in [5.41, 5.74) is 4.24. The molecule has 10 rings (SSSR count). The van der Waals surface area contributed by atoms with Gasteiger partial charge in [0.2, 0.25) is 10.0 Å². The van der Waals surface area contributed by atoms with E-state index in [1.807, 2.05) is 37.3 Å². The van der Waals surface area contributed by atoms with Crippen LogP contribution in [0.2, 0.25) is 0 Å². The molecule has 0 unspecified atom stereocenters. The zero-order chi connectivity index (χ0) is 32.7. The van der Waals surface area contributed by atoms with Crippen molar-refractivity contribution in [3.63, 3.8) is 0 Å². The first-order chi connectivity index (χ1) is 23.3. The monoisotopic (exact) mass is 659 g/mol. The third-order valence-corrected chi connectivity index (χ3v) is 12.9. The van der Waals surface area contributed by atoms with Crippen LogP contribution in [0.25, 0.3) is 54.4 Å². The van der Waals surface area contributed by atoms with Gasteiger partial charge in [-0.3, -0.25) is 9.78 Å². The van der Waals surface area contributed by atoms with Crippen molar-refractivity contribution < 1.29 is 24.1 Å². The highest BCUT2D eigenvalue weighted by molar-refractivity contribution is 7.89. The third-order valence-electron chi connectivity index (χ3n) is 11.0. The Morgan fingerprint density at radius 3 is 2.52 bits per heavy atom. The Morgan fingerprint density at radius 2 is 1.73 bits per heavy atom. The molecule has 4 atom stereocenters. The molecule has 242 valence electrons. The first-order valence-corrected chi connectivity index (χ1v) is 17.5. The van der Waals surface area contributed by atoms with Crippen molar-refractivity contribution in [3.8, 4) is 0 Å². The van der Waals surface area contributed by atoms with Gasteiger partial charge in [0.1, 0.15) is 12.3 Å². The van der Waals surface area contributed by atoms with Crippen LogP contribution in [-0.4, -0.2) is 59.1 Å². The molecule has 4 aromatic carbocycles. The summed E-state index contributed by atoms with van der Waals surface area (Å²) in [6.45, 7) is 2.43. The molecule has 48 heavy (non-hydrogen) atoms. The molecule has 3 aromatic heterocycles. The van der Waals surface area contributed by atoms with Crippen LogP contribution in [0.4, 0.5) is 0 Å². The number of sulfonamides is 1. The molecule has 6 heterocycles. The van der Waals surface area contributed by atoms with E-state index in [9.17, 15) is 13.2 Å². The maximum Gasteiger partial charge on any atom is 0.252 e. The van der Waals surface area contributed by atoms with Crippen molar-refractivity contribution in [2.45, 2.75) is 48.9 Å². The predicted octanol–water partition coefficient (Wildman–Crippen LogP) is 6.25. The number of carbonyl (C=O) groups is 1. The number of pyridine rings is 1. The molecule has 1 fully saturated rings. The van der Waals surface area contributed by atoms with Crippen LogP contribution in [0.1, 0.15) is 36.9 Å². The molecule has 7 aromatic rings. The van der Waals surface area contributed by atoms with Crippen LogP contribution < -0.4 is 5.32 Å². The van der Waals surface area contributed by atoms with E-state index in [1.165, 1.54) is 4.31 Å². The van der Waals surface area contributed by atoms with Gasteiger partial charge < -0.3 is 23.9 Å². The molecule has 3 aliphatic heterocycles. The minimum absolute atomic E-state index is 0. The average Bonchev–Trinajstić information content (AvgIpc) is 3.75. The zero-order valence-electron chi connectivity index (χ0n) is 26.5. The number of methoxy groups -OCH3 is 1. The summed E-state index contributed by atoms with van der Waals surface area (Å²) >= 11 is 0. The lowest BCUT2D eigenvalue weighted by atomic mass is 9.93. The van der Waals surface area contributed by atoms with Crippen LogP contribution in [0.3, 0.4) is 0 Å². The van der Waals surface area contributed by atoms with Crippen molar-refractivity contribution in [2.24, 2.45) is 0 Å². The average molecular weight is 660 g/mol. The number of nitrogens with one attached hydrogen (secondary N) is 1. The summed E-state index contributed by atoms with van der Waals surface area (Å²) < 4.78 is 48.8. The van der Waals surface area contributed by atoms with Crippen molar-refractivity contribution >= 4 is 70.3 Å². The molecule has 1 N–H and O–H groups in total. The lowest BCUT2D eigenvalue weighted by molar-refractivity contribution is -0.262. The fourth-order valence-corrected chi connectivity index (χ4v) is 10.6. The lowest BCUT2D eigenvalue weighted by Crippen LogP contribution is -2.61. The van der Waals surface area contributed by atoms with Gasteiger partial charge in [-0.1, -0.05) is 48.5 Å². The SMILES string of the molecule is CO[C@@H]1[C@H](N(C)S(=O)(=O)c2cccc3cnccc23)C[C@H]2O[C@]1(C)n1c3ccccc3c3c4c(c5c6ccccc6n2c5c31)C(=O)NC4.[HH]. The number of likely N-dealkylation sites (N-methyl/N-ethyl adjacent to an activating group) is 1. The number of nitrogens with zero attached hydrogens (tertiary/aromatic N) is 4. The topological polar surface area (TPSA) is 108 Å². The van der Waals surface area contributed by atoms with E-state index in [0.29, 0.717) is 23.9 Å².